The lowest BCUT2D eigenvalue weighted by molar-refractivity contribution is -0.0573. The molecule has 0 aromatic carbocycles. The van der Waals surface area contributed by atoms with Crippen molar-refractivity contribution >= 4 is 0 Å². The summed E-state index contributed by atoms with van der Waals surface area (Å²) in [5.41, 5.74) is 2.60. The van der Waals surface area contributed by atoms with E-state index >= 15 is 0 Å². The van der Waals surface area contributed by atoms with Crippen LogP contribution in [0.25, 0.3) is 0 Å². The lowest BCUT2D eigenvalue weighted by Gasteiger charge is -2.58. The molecule has 3 saturated carbocycles. The largest absolute Gasteiger partial charge is 0.393 e. The Morgan fingerprint density at radius 2 is 1.79 bits per heavy atom. The quantitative estimate of drug-likeness (QED) is 0.488. The molecule has 28 heavy (non-hydrogen) atoms. The Bertz CT molecular complexity index is 591. The highest BCUT2D eigenvalue weighted by atomic mass is 16.3. The van der Waals surface area contributed by atoms with Gasteiger partial charge in [0.15, 0.2) is 0 Å². The third-order valence-corrected chi connectivity index (χ3v) is 10.3. The third kappa shape index (κ3) is 3.42. The highest BCUT2D eigenvalue weighted by Crippen LogP contribution is 2.67. The average Bonchev–Trinajstić information content (AvgIpc) is 2.99. The van der Waals surface area contributed by atoms with Gasteiger partial charge in [-0.05, 0) is 97.7 Å². The van der Waals surface area contributed by atoms with E-state index < -0.39 is 0 Å². The van der Waals surface area contributed by atoms with Crippen LogP contribution in [0.2, 0.25) is 0 Å². The van der Waals surface area contributed by atoms with Crippen molar-refractivity contribution in [2.75, 3.05) is 0 Å². The molecule has 0 aliphatic heterocycles. The molecule has 1 heteroatoms. The molecule has 4 rings (SSSR count). The van der Waals surface area contributed by atoms with Crippen LogP contribution >= 0.6 is 0 Å². The second kappa shape index (κ2) is 7.75. The summed E-state index contributed by atoms with van der Waals surface area (Å²) < 4.78 is 0. The van der Waals surface area contributed by atoms with Crippen LogP contribution < -0.4 is 0 Å². The number of fused-ring (bicyclic) bond motifs is 5. The van der Waals surface area contributed by atoms with Gasteiger partial charge < -0.3 is 5.11 Å². The molecule has 0 amide bonds. The van der Waals surface area contributed by atoms with Gasteiger partial charge in [-0.15, -0.1) is 0 Å². The van der Waals surface area contributed by atoms with E-state index in [2.05, 4.69) is 40.7 Å². The van der Waals surface area contributed by atoms with Crippen molar-refractivity contribution in [3.63, 3.8) is 0 Å². The Kier molecular flexibility index (Phi) is 5.80. The number of aliphatic hydroxyl groups excluding tert-OH is 1. The van der Waals surface area contributed by atoms with Crippen molar-refractivity contribution < 1.29 is 5.11 Å². The first kappa shape index (κ1) is 21.0. The van der Waals surface area contributed by atoms with Gasteiger partial charge >= 0.3 is 0 Å². The molecular formula is C27H46O. The predicted molar refractivity (Wildman–Crippen MR) is 119 cm³/mol. The molecule has 1 nitrogen and oxygen atoms in total. The third-order valence-electron chi connectivity index (χ3n) is 10.3. The molecule has 8 atom stereocenters. The maximum atomic E-state index is 10.2. The van der Waals surface area contributed by atoms with Crippen LogP contribution in [0, 0.1) is 46.3 Å². The first-order valence-electron chi connectivity index (χ1n) is 12.6. The van der Waals surface area contributed by atoms with Crippen LogP contribution in [-0.2, 0) is 0 Å². The Morgan fingerprint density at radius 3 is 2.54 bits per heavy atom. The number of rotatable bonds is 5. The molecule has 0 heterocycles. The van der Waals surface area contributed by atoms with Crippen molar-refractivity contribution in [2.45, 2.75) is 111 Å². The monoisotopic (exact) mass is 386 g/mol. The van der Waals surface area contributed by atoms with Gasteiger partial charge in [0, 0.05) is 0 Å². The Morgan fingerprint density at radius 1 is 1.00 bits per heavy atom. The van der Waals surface area contributed by atoms with Gasteiger partial charge in [0.2, 0.25) is 0 Å². The van der Waals surface area contributed by atoms with E-state index in [4.69, 9.17) is 0 Å². The van der Waals surface area contributed by atoms with Crippen molar-refractivity contribution in [3.05, 3.63) is 11.6 Å². The van der Waals surface area contributed by atoms with Gasteiger partial charge in [0.05, 0.1) is 6.10 Å². The number of aliphatic hydroxyl groups is 1. The number of hydrogen-bond acceptors (Lipinski definition) is 1. The fourth-order valence-electron chi connectivity index (χ4n) is 8.67. The van der Waals surface area contributed by atoms with Gasteiger partial charge in [-0.3, -0.25) is 0 Å². The zero-order valence-corrected chi connectivity index (χ0v) is 19.3. The maximum absolute atomic E-state index is 10.2. The fourth-order valence-corrected chi connectivity index (χ4v) is 8.67. The van der Waals surface area contributed by atoms with E-state index in [9.17, 15) is 5.11 Å². The van der Waals surface area contributed by atoms with Crippen molar-refractivity contribution in [1.29, 1.82) is 0 Å². The second-order valence-corrected chi connectivity index (χ2v) is 12.2. The lowest BCUT2D eigenvalue weighted by Crippen LogP contribution is -2.50. The Labute approximate surface area is 174 Å². The van der Waals surface area contributed by atoms with E-state index in [1.807, 2.05) is 0 Å². The minimum atomic E-state index is -0.0766. The maximum Gasteiger partial charge on any atom is 0.0577 e. The molecule has 0 saturated heterocycles. The molecule has 4 aliphatic rings. The highest BCUT2D eigenvalue weighted by molar-refractivity contribution is 5.25. The summed E-state index contributed by atoms with van der Waals surface area (Å²) in [7, 11) is 0. The lowest BCUT2D eigenvalue weighted by atomic mass is 9.47. The molecule has 0 spiro atoms. The van der Waals surface area contributed by atoms with E-state index in [1.54, 1.807) is 5.57 Å². The molecule has 0 unspecified atom stereocenters. The molecular weight excluding hydrogens is 340 g/mol. The van der Waals surface area contributed by atoms with E-state index in [0.717, 1.165) is 48.3 Å². The van der Waals surface area contributed by atoms with Gasteiger partial charge in [-0.2, -0.15) is 0 Å². The standard InChI is InChI=1S/C27H46O/c1-18(2)7-6-8-19(3)23-11-12-24-22-10-9-20-17-21(28)13-15-26(20,4)25(22)14-16-27(23,24)5/h9,18-19,21-25,28H,6-8,10-17H2,1-5H3/t19-,21-,22-,23+,24-,25+,26-,27+/m0/s1. The van der Waals surface area contributed by atoms with Crippen LogP contribution in [0.1, 0.15) is 105 Å². The average molecular weight is 387 g/mol. The topological polar surface area (TPSA) is 20.2 Å². The molecule has 1 N–H and O–H groups in total. The van der Waals surface area contributed by atoms with Crippen LogP contribution in [0.15, 0.2) is 11.6 Å². The molecule has 4 aliphatic carbocycles. The minimum Gasteiger partial charge on any atom is -0.393 e. The molecule has 160 valence electrons. The van der Waals surface area contributed by atoms with Crippen LogP contribution in [0.4, 0.5) is 0 Å². The molecule has 0 radical (unpaired) electrons. The van der Waals surface area contributed by atoms with Gasteiger partial charge in [0.1, 0.15) is 0 Å². The summed E-state index contributed by atoms with van der Waals surface area (Å²) in [6.07, 6.45) is 17.2. The number of hydrogen-bond donors (Lipinski definition) is 1. The normalized spacial score (nSPS) is 46.5. The first-order valence-corrected chi connectivity index (χ1v) is 12.6. The summed E-state index contributed by atoms with van der Waals surface area (Å²) in [5, 5.41) is 10.2. The minimum absolute atomic E-state index is 0.0766. The van der Waals surface area contributed by atoms with Gasteiger partial charge in [-0.1, -0.05) is 65.5 Å². The Hall–Kier alpha value is -0.300. The highest BCUT2D eigenvalue weighted by Gasteiger charge is 2.59. The van der Waals surface area contributed by atoms with Crippen LogP contribution in [0.5, 0.6) is 0 Å². The first-order chi connectivity index (χ1) is 13.3. The van der Waals surface area contributed by atoms with Gasteiger partial charge in [-0.25, -0.2) is 0 Å². The molecule has 0 aromatic heterocycles. The summed E-state index contributed by atoms with van der Waals surface area (Å²) in [5.74, 6) is 5.46. The zero-order chi connectivity index (χ0) is 20.1. The van der Waals surface area contributed by atoms with Crippen molar-refractivity contribution in [2.24, 2.45) is 46.3 Å². The summed E-state index contributed by atoms with van der Waals surface area (Å²) in [6.45, 7) is 12.6. The summed E-state index contributed by atoms with van der Waals surface area (Å²) >= 11 is 0. The molecule has 0 bridgehead atoms. The van der Waals surface area contributed by atoms with E-state index in [1.165, 1.54) is 57.8 Å². The van der Waals surface area contributed by atoms with Crippen LogP contribution in [-0.4, -0.2) is 11.2 Å². The predicted octanol–water partition coefficient (Wildman–Crippen LogP) is 7.39. The second-order valence-electron chi connectivity index (χ2n) is 12.2. The van der Waals surface area contributed by atoms with Crippen molar-refractivity contribution in [1.82, 2.24) is 0 Å². The zero-order valence-electron chi connectivity index (χ0n) is 19.3. The fraction of sp³-hybridized carbons (Fsp3) is 0.926. The molecule has 0 aromatic rings. The van der Waals surface area contributed by atoms with Crippen LogP contribution in [0.3, 0.4) is 0 Å². The van der Waals surface area contributed by atoms with E-state index in [-0.39, 0.29) is 6.10 Å². The van der Waals surface area contributed by atoms with Crippen molar-refractivity contribution in [3.8, 4) is 0 Å². The SMILES string of the molecule is CC(C)CCC[C@H](C)[C@H]1CC[C@H]2[C@@H]3CC=C4C[C@@H](O)CC[C@]4(C)[C@@H]3CC[C@]12C. The smallest absolute Gasteiger partial charge is 0.0577 e. The Balaban J connectivity index is 1.49. The summed E-state index contributed by atoms with van der Waals surface area (Å²) in [6, 6.07) is 0. The number of allylic oxidation sites excluding steroid dienone is 1. The molecule has 3 fully saturated rings. The van der Waals surface area contributed by atoms with E-state index in [0.29, 0.717) is 10.8 Å². The van der Waals surface area contributed by atoms with Gasteiger partial charge in [0.25, 0.3) is 0 Å². The summed E-state index contributed by atoms with van der Waals surface area (Å²) in [4.78, 5) is 0.